The molecule has 1 unspecified atom stereocenters. The molecule has 0 spiro atoms. The second kappa shape index (κ2) is 10.6. The van der Waals surface area contributed by atoms with Gasteiger partial charge < -0.3 is 9.52 Å². The van der Waals surface area contributed by atoms with Crippen LogP contribution in [0.15, 0.2) is 105 Å². The number of anilines is 1. The Morgan fingerprint density at radius 3 is 2.27 bits per heavy atom. The average Bonchev–Trinajstić information content (AvgIpc) is 3.88. The first kappa shape index (κ1) is 26.4. The van der Waals surface area contributed by atoms with Gasteiger partial charge in [-0.2, -0.15) is 0 Å². The van der Waals surface area contributed by atoms with Crippen molar-refractivity contribution < 1.29 is 17.9 Å². The van der Waals surface area contributed by atoms with E-state index >= 15 is 0 Å². The molecule has 1 aromatic heterocycles. The number of hydrogen-bond acceptors (Lipinski definition) is 5. The standard InChI is InChI=1S/C33H33NO5S/c35-28-22-29(33(19-20-33)18-8-11-23-9-3-1-4-10-23)39-32(36)31(28)30(24-16-17-24)25-12-7-13-26(21-25)34-40(37,38)27-14-5-2-6-15-27/h1-7,9-10,12-15,21-22,24,30,34-35H,8,11,16-20H2. The maximum Gasteiger partial charge on any atom is 0.343 e. The van der Waals surface area contributed by atoms with E-state index in [9.17, 15) is 18.3 Å². The summed E-state index contributed by atoms with van der Waals surface area (Å²) < 4.78 is 34.4. The van der Waals surface area contributed by atoms with Crippen LogP contribution in [0.2, 0.25) is 0 Å². The van der Waals surface area contributed by atoms with Crippen LogP contribution in [0.3, 0.4) is 0 Å². The van der Waals surface area contributed by atoms with Gasteiger partial charge in [0.05, 0.1) is 10.5 Å². The predicted octanol–water partition coefficient (Wildman–Crippen LogP) is 6.74. The lowest BCUT2D eigenvalue weighted by Crippen LogP contribution is -2.19. The number of nitrogens with one attached hydrogen (secondary N) is 1. The zero-order valence-electron chi connectivity index (χ0n) is 22.3. The Bertz CT molecular complexity index is 1660. The molecule has 0 radical (unpaired) electrons. The SMILES string of the molecule is O=c1oc(C2(CCCc3ccccc3)CC2)cc(O)c1C(c1cccc(NS(=O)(=O)c2ccccc2)c1)C1CC1. The number of aryl methyl sites for hydroxylation is 1. The van der Waals surface area contributed by atoms with Crippen LogP contribution in [0.5, 0.6) is 5.75 Å². The van der Waals surface area contributed by atoms with E-state index in [1.54, 1.807) is 42.5 Å². The van der Waals surface area contributed by atoms with Crippen molar-refractivity contribution in [1.82, 2.24) is 0 Å². The molecule has 4 aromatic rings. The van der Waals surface area contributed by atoms with Crippen molar-refractivity contribution in [3.05, 3.63) is 124 Å². The number of benzene rings is 3. The van der Waals surface area contributed by atoms with E-state index < -0.39 is 15.6 Å². The van der Waals surface area contributed by atoms with Crippen molar-refractivity contribution in [1.29, 1.82) is 0 Å². The van der Waals surface area contributed by atoms with Gasteiger partial charge >= 0.3 is 5.63 Å². The van der Waals surface area contributed by atoms with Crippen LogP contribution in [0.25, 0.3) is 0 Å². The number of rotatable bonds is 11. The van der Waals surface area contributed by atoms with Gasteiger partial charge in [0.1, 0.15) is 11.5 Å². The van der Waals surface area contributed by atoms with E-state index in [0.29, 0.717) is 11.4 Å². The summed E-state index contributed by atoms with van der Waals surface area (Å²) in [5.74, 6) is 0.347. The Morgan fingerprint density at radius 1 is 0.925 bits per heavy atom. The molecule has 6 rings (SSSR count). The Morgan fingerprint density at radius 2 is 1.62 bits per heavy atom. The van der Waals surface area contributed by atoms with Crippen LogP contribution >= 0.6 is 0 Å². The van der Waals surface area contributed by atoms with Crippen molar-refractivity contribution in [3.8, 4) is 5.75 Å². The van der Waals surface area contributed by atoms with Gasteiger partial charge in [-0.05, 0) is 86.3 Å². The molecule has 6 nitrogen and oxygen atoms in total. The largest absolute Gasteiger partial charge is 0.507 e. The zero-order chi connectivity index (χ0) is 27.7. The first-order valence-electron chi connectivity index (χ1n) is 13.9. The van der Waals surface area contributed by atoms with Gasteiger partial charge in [-0.1, -0.05) is 60.7 Å². The molecule has 2 N–H and O–H groups in total. The Kier molecular flexibility index (Phi) is 7.00. The number of hydrogen-bond donors (Lipinski definition) is 2. The quantitative estimate of drug-likeness (QED) is 0.214. The average molecular weight is 556 g/mol. The fraction of sp³-hybridized carbons (Fsp3) is 0.303. The summed E-state index contributed by atoms with van der Waals surface area (Å²) in [5.41, 5.74) is 2.04. The first-order chi connectivity index (χ1) is 19.3. The minimum absolute atomic E-state index is 0.0345. The fourth-order valence-electron chi connectivity index (χ4n) is 5.80. The van der Waals surface area contributed by atoms with Crippen molar-refractivity contribution in [2.24, 2.45) is 5.92 Å². The van der Waals surface area contributed by atoms with E-state index in [1.807, 2.05) is 24.3 Å². The second-order valence-electron chi connectivity index (χ2n) is 11.2. The van der Waals surface area contributed by atoms with Crippen molar-refractivity contribution in [3.63, 3.8) is 0 Å². The summed E-state index contributed by atoms with van der Waals surface area (Å²) in [6.45, 7) is 0. The van der Waals surface area contributed by atoms with Gasteiger partial charge in [0.2, 0.25) is 0 Å². The lowest BCUT2D eigenvalue weighted by molar-refractivity contribution is 0.366. The molecule has 206 valence electrons. The van der Waals surface area contributed by atoms with Gasteiger partial charge in [0, 0.05) is 23.1 Å². The van der Waals surface area contributed by atoms with Crippen molar-refractivity contribution >= 4 is 15.7 Å². The Balaban J connectivity index is 1.25. The van der Waals surface area contributed by atoms with Crippen LogP contribution < -0.4 is 10.3 Å². The molecule has 0 aliphatic heterocycles. The lowest BCUT2D eigenvalue weighted by Gasteiger charge is -2.20. The van der Waals surface area contributed by atoms with E-state index in [1.165, 1.54) is 17.7 Å². The van der Waals surface area contributed by atoms with Gasteiger partial charge in [0.25, 0.3) is 10.0 Å². The highest BCUT2D eigenvalue weighted by molar-refractivity contribution is 7.92. The Labute approximate surface area is 234 Å². The van der Waals surface area contributed by atoms with Gasteiger partial charge in [-0.15, -0.1) is 0 Å². The summed E-state index contributed by atoms with van der Waals surface area (Å²) in [6, 6.07) is 27.3. The summed E-state index contributed by atoms with van der Waals surface area (Å²) in [7, 11) is -3.76. The molecule has 2 fully saturated rings. The molecule has 2 saturated carbocycles. The van der Waals surface area contributed by atoms with Gasteiger partial charge in [-0.3, -0.25) is 4.72 Å². The third kappa shape index (κ3) is 5.56. The molecule has 0 bridgehead atoms. The molecule has 40 heavy (non-hydrogen) atoms. The van der Waals surface area contributed by atoms with Crippen molar-refractivity contribution in [2.75, 3.05) is 4.72 Å². The molecule has 0 amide bonds. The minimum atomic E-state index is -3.76. The molecule has 3 aromatic carbocycles. The fourth-order valence-corrected chi connectivity index (χ4v) is 6.87. The predicted molar refractivity (Wildman–Crippen MR) is 155 cm³/mol. The topological polar surface area (TPSA) is 96.6 Å². The van der Waals surface area contributed by atoms with Gasteiger partial charge in [-0.25, -0.2) is 13.2 Å². The highest BCUT2D eigenvalue weighted by Gasteiger charge is 2.47. The molecule has 0 saturated heterocycles. The summed E-state index contributed by atoms with van der Waals surface area (Å²) in [5, 5.41) is 11.2. The van der Waals surface area contributed by atoms with Crippen LogP contribution in [-0.2, 0) is 21.9 Å². The molecule has 1 atom stereocenters. The molecular weight excluding hydrogens is 522 g/mol. The monoisotopic (exact) mass is 555 g/mol. The molecule has 7 heteroatoms. The minimum Gasteiger partial charge on any atom is -0.507 e. The van der Waals surface area contributed by atoms with Gasteiger partial charge in [0.15, 0.2) is 0 Å². The third-order valence-electron chi connectivity index (χ3n) is 8.26. The van der Waals surface area contributed by atoms with Crippen LogP contribution in [0.1, 0.15) is 66.9 Å². The number of aromatic hydroxyl groups is 1. The van der Waals surface area contributed by atoms with E-state index in [-0.39, 0.29) is 33.5 Å². The number of sulfonamides is 1. The first-order valence-corrected chi connectivity index (χ1v) is 15.4. The third-order valence-corrected chi connectivity index (χ3v) is 9.66. The van der Waals surface area contributed by atoms with E-state index in [2.05, 4.69) is 16.9 Å². The summed E-state index contributed by atoms with van der Waals surface area (Å²) in [4.78, 5) is 13.6. The smallest absolute Gasteiger partial charge is 0.343 e. The molecule has 1 heterocycles. The van der Waals surface area contributed by atoms with Crippen LogP contribution in [-0.4, -0.2) is 13.5 Å². The molecule has 2 aliphatic rings. The maximum absolute atomic E-state index is 13.4. The van der Waals surface area contributed by atoms with Crippen LogP contribution in [0.4, 0.5) is 5.69 Å². The molecular formula is C33H33NO5S. The van der Waals surface area contributed by atoms with Crippen molar-refractivity contribution in [2.45, 2.75) is 61.2 Å². The maximum atomic E-state index is 13.4. The highest BCUT2D eigenvalue weighted by Crippen LogP contribution is 2.53. The summed E-state index contributed by atoms with van der Waals surface area (Å²) >= 11 is 0. The van der Waals surface area contributed by atoms with Crippen LogP contribution in [0, 0.1) is 5.92 Å². The lowest BCUT2D eigenvalue weighted by atomic mass is 9.86. The zero-order valence-corrected chi connectivity index (χ0v) is 23.1. The highest BCUT2D eigenvalue weighted by atomic mass is 32.2. The molecule has 2 aliphatic carbocycles. The Hall–Kier alpha value is -3.84. The van der Waals surface area contributed by atoms with E-state index in [0.717, 1.165) is 50.5 Å². The second-order valence-corrected chi connectivity index (χ2v) is 12.9. The van der Waals surface area contributed by atoms with E-state index in [4.69, 9.17) is 4.42 Å². The normalized spacial score (nSPS) is 16.8. The summed E-state index contributed by atoms with van der Waals surface area (Å²) in [6.07, 6.45) is 6.58.